The van der Waals surface area contributed by atoms with Crippen LogP contribution in [0.1, 0.15) is 36.2 Å². The number of nitrogens with one attached hydrogen (secondary N) is 1. The molecule has 2 aromatic heterocycles. The van der Waals surface area contributed by atoms with E-state index in [1.807, 2.05) is 6.92 Å². The lowest BCUT2D eigenvalue weighted by molar-refractivity contribution is 0.471. The Labute approximate surface area is 117 Å². The van der Waals surface area contributed by atoms with Crippen LogP contribution in [0.5, 0.6) is 0 Å². The van der Waals surface area contributed by atoms with Crippen LogP contribution in [0.15, 0.2) is 36.0 Å². The molecule has 4 heteroatoms. The lowest BCUT2D eigenvalue weighted by atomic mass is 10.0. The van der Waals surface area contributed by atoms with Crippen LogP contribution in [-0.2, 0) is 6.42 Å². The van der Waals surface area contributed by atoms with Crippen LogP contribution in [0.4, 0.5) is 4.39 Å². The number of nitrogens with zero attached hydrogens (tertiary/aromatic N) is 1. The van der Waals surface area contributed by atoms with Crippen LogP contribution in [-0.4, -0.2) is 11.5 Å². The Morgan fingerprint density at radius 2 is 2.32 bits per heavy atom. The molecule has 1 atom stereocenters. The second-order valence-corrected chi connectivity index (χ2v) is 5.51. The van der Waals surface area contributed by atoms with E-state index in [-0.39, 0.29) is 11.9 Å². The monoisotopic (exact) mass is 278 g/mol. The molecule has 0 aliphatic heterocycles. The number of aromatic nitrogens is 1. The highest BCUT2D eigenvalue weighted by Gasteiger charge is 2.14. The van der Waals surface area contributed by atoms with E-state index >= 15 is 0 Å². The number of aryl methyl sites for hydroxylation is 1. The quantitative estimate of drug-likeness (QED) is 0.829. The van der Waals surface area contributed by atoms with Crippen molar-refractivity contribution in [1.29, 1.82) is 0 Å². The summed E-state index contributed by atoms with van der Waals surface area (Å²) in [4.78, 5) is 5.20. The van der Waals surface area contributed by atoms with Crippen molar-refractivity contribution in [2.75, 3.05) is 6.54 Å². The summed E-state index contributed by atoms with van der Waals surface area (Å²) in [6.07, 6.45) is 6.00. The molecule has 0 saturated heterocycles. The van der Waals surface area contributed by atoms with Crippen molar-refractivity contribution in [2.24, 2.45) is 0 Å². The van der Waals surface area contributed by atoms with Gasteiger partial charge in [-0.15, -0.1) is 11.3 Å². The number of thiophene rings is 1. The minimum Gasteiger partial charge on any atom is -0.310 e. The lowest BCUT2D eigenvalue weighted by Gasteiger charge is -2.18. The Morgan fingerprint density at radius 1 is 1.42 bits per heavy atom. The third-order valence-electron chi connectivity index (χ3n) is 3.13. The van der Waals surface area contributed by atoms with Gasteiger partial charge in [-0.05, 0) is 43.3 Å². The van der Waals surface area contributed by atoms with Gasteiger partial charge in [0.25, 0.3) is 0 Å². The first-order chi connectivity index (χ1) is 9.31. The van der Waals surface area contributed by atoms with Crippen molar-refractivity contribution in [3.8, 4) is 0 Å². The Hall–Kier alpha value is -1.26. The first-order valence-electron chi connectivity index (χ1n) is 6.66. The average molecular weight is 278 g/mol. The average Bonchev–Trinajstić information content (AvgIpc) is 2.92. The summed E-state index contributed by atoms with van der Waals surface area (Å²) in [7, 11) is 0. The van der Waals surface area contributed by atoms with Crippen LogP contribution in [0.3, 0.4) is 0 Å². The zero-order chi connectivity index (χ0) is 13.5. The van der Waals surface area contributed by atoms with Gasteiger partial charge in [0.15, 0.2) is 0 Å². The van der Waals surface area contributed by atoms with Crippen LogP contribution in [0, 0.1) is 5.82 Å². The molecule has 1 unspecified atom stereocenters. The molecule has 2 heterocycles. The smallest absolute Gasteiger partial charge is 0.146 e. The van der Waals surface area contributed by atoms with Gasteiger partial charge < -0.3 is 5.32 Å². The molecule has 0 aliphatic rings. The summed E-state index contributed by atoms with van der Waals surface area (Å²) >= 11 is 1.78. The van der Waals surface area contributed by atoms with Gasteiger partial charge in [-0.25, -0.2) is 4.39 Å². The molecule has 0 radical (unpaired) electrons. The molecule has 0 saturated carbocycles. The van der Waals surface area contributed by atoms with Crippen LogP contribution in [0.25, 0.3) is 0 Å². The number of hydrogen-bond donors (Lipinski definition) is 1. The highest BCUT2D eigenvalue weighted by atomic mass is 32.1. The molecule has 1 N–H and O–H groups in total. The second kappa shape index (κ2) is 7.36. The van der Waals surface area contributed by atoms with Crippen molar-refractivity contribution in [1.82, 2.24) is 10.3 Å². The number of rotatable bonds is 7. The molecule has 0 spiro atoms. The van der Waals surface area contributed by atoms with E-state index in [0.717, 1.165) is 31.4 Å². The number of halogens is 1. The van der Waals surface area contributed by atoms with Gasteiger partial charge in [0.2, 0.25) is 0 Å². The van der Waals surface area contributed by atoms with Crippen molar-refractivity contribution in [3.63, 3.8) is 0 Å². The minimum atomic E-state index is -0.218. The number of hydrogen-bond acceptors (Lipinski definition) is 3. The van der Waals surface area contributed by atoms with Gasteiger partial charge in [0.1, 0.15) is 5.82 Å². The highest BCUT2D eigenvalue weighted by Crippen LogP contribution is 2.22. The first-order valence-corrected chi connectivity index (χ1v) is 7.54. The Kier molecular flexibility index (Phi) is 5.48. The van der Waals surface area contributed by atoms with Crippen molar-refractivity contribution >= 4 is 11.3 Å². The standard InChI is InChI=1S/C15H19FN2S/c1-2-18-15(13-8-9-17-11-14(13)16)7-3-5-12-6-4-10-19-12/h4,6,8-11,15,18H,2-3,5,7H2,1H3. The molecular weight excluding hydrogens is 259 g/mol. The fourth-order valence-corrected chi connectivity index (χ4v) is 2.97. The topological polar surface area (TPSA) is 24.9 Å². The predicted molar refractivity (Wildman–Crippen MR) is 77.9 cm³/mol. The van der Waals surface area contributed by atoms with Crippen molar-refractivity contribution < 1.29 is 4.39 Å². The molecule has 2 rings (SSSR count). The van der Waals surface area contributed by atoms with Gasteiger partial charge in [-0.3, -0.25) is 4.98 Å². The van der Waals surface area contributed by atoms with Gasteiger partial charge in [0, 0.05) is 22.7 Å². The van der Waals surface area contributed by atoms with E-state index < -0.39 is 0 Å². The molecular formula is C15H19FN2S. The van der Waals surface area contributed by atoms with E-state index in [4.69, 9.17) is 0 Å². The van der Waals surface area contributed by atoms with Crippen LogP contribution >= 0.6 is 11.3 Å². The largest absolute Gasteiger partial charge is 0.310 e. The summed E-state index contributed by atoms with van der Waals surface area (Å²) in [6.45, 7) is 2.89. The molecule has 19 heavy (non-hydrogen) atoms. The maximum absolute atomic E-state index is 13.8. The zero-order valence-electron chi connectivity index (χ0n) is 11.1. The molecule has 102 valence electrons. The van der Waals surface area contributed by atoms with E-state index in [1.54, 1.807) is 23.6 Å². The van der Waals surface area contributed by atoms with Gasteiger partial charge in [-0.1, -0.05) is 13.0 Å². The summed E-state index contributed by atoms with van der Waals surface area (Å²) in [5.41, 5.74) is 0.725. The lowest BCUT2D eigenvalue weighted by Crippen LogP contribution is -2.22. The zero-order valence-corrected chi connectivity index (χ0v) is 11.9. The Bertz CT molecular complexity index is 485. The molecule has 2 nitrogen and oxygen atoms in total. The van der Waals surface area contributed by atoms with Crippen molar-refractivity contribution in [3.05, 3.63) is 52.2 Å². The fourth-order valence-electron chi connectivity index (χ4n) is 2.22. The van der Waals surface area contributed by atoms with Crippen molar-refractivity contribution in [2.45, 2.75) is 32.2 Å². The molecule has 0 aliphatic carbocycles. The number of pyridine rings is 1. The van der Waals surface area contributed by atoms with Crippen LogP contribution in [0.2, 0.25) is 0 Å². The van der Waals surface area contributed by atoms with E-state index in [2.05, 4.69) is 27.8 Å². The fraction of sp³-hybridized carbons (Fsp3) is 0.400. The molecule has 0 fully saturated rings. The summed E-state index contributed by atoms with van der Waals surface area (Å²) in [5.74, 6) is -0.218. The molecule has 0 bridgehead atoms. The van der Waals surface area contributed by atoms with Gasteiger partial charge in [-0.2, -0.15) is 0 Å². The van der Waals surface area contributed by atoms with E-state index in [9.17, 15) is 4.39 Å². The minimum absolute atomic E-state index is 0.0768. The van der Waals surface area contributed by atoms with E-state index in [0.29, 0.717) is 0 Å². The predicted octanol–water partition coefficient (Wildman–Crippen LogP) is 3.96. The second-order valence-electron chi connectivity index (χ2n) is 4.48. The first kappa shape index (κ1) is 14.2. The van der Waals surface area contributed by atoms with Crippen LogP contribution < -0.4 is 5.32 Å². The third-order valence-corrected chi connectivity index (χ3v) is 4.06. The maximum atomic E-state index is 13.8. The summed E-state index contributed by atoms with van der Waals surface area (Å²) in [6, 6.07) is 6.07. The normalized spacial score (nSPS) is 12.5. The maximum Gasteiger partial charge on any atom is 0.146 e. The highest BCUT2D eigenvalue weighted by molar-refractivity contribution is 7.09. The Balaban J connectivity index is 1.94. The summed E-state index contributed by atoms with van der Waals surface area (Å²) < 4.78 is 13.8. The summed E-state index contributed by atoms with van der Waals surface area (Å²) in [5, 5.41) is 5.45. The van der Waals surface area contributed by atoms with E-state index in [1.165, 1.54) is 11.1 Å². The molecule has 2 aromatic rings. The Morgan fingerprint density at radius 3 is 3.00 bits per heavy atom. The van der Waals surface area contributed by atoms with Gasteiger partial charge >= 0.3 is 0 Å². The SMILES string of the molecule is CCNC(CCCc1cccs1)c1ccncc1F. The third kappa shape index (κ3) is 4.11. The molecule has 0 amide bonds. The molecule has 0 aromatic carbocycles. The van der Waals surface area contributed by atoms with Gasteiger partial charge in [0.05, 0.1) is 6.20 Å².